The Bertz CT molecular complexity index is 129. The lowest BCUT2D eigenvalue weighted by atomic mass is 9.84. The zero-order valence-corrected chi connectivity index (χ0v) is 10.7. The van der Waals surface area contributed by atoms with E-state index in [0.717, 1.165) is 31.9 Å². The molecule has 0 spiro atoms. The Hall–Kier alpha value is 0.210. The minimum Gasteiger partial charge on any atom is -0.383 e. The molecule has 0 radical (unpaired) electrons. The molecule has 0 aliphatic carbocycles. The summed E-state index contributed by atoms with van der Waals surface area (Å²) < 4.78 is 5.07. The van der Waals surface area contributed by atoms with Crippen molar-refractivity contribution in [2.45, 2.75) is 39.7 Å². The third-order valence-electron chi connectivity index (χ3n) is 3.03. The molecule has 1 unspecified atom stereocenters. The Labute approximate surface area is 93.4 Å². The molecule has 0 aliphatic heterocycles. The van der Waals surface area contributed by atoms with E-state index in [-0.39, 0.29) is 5.41 Å². The minimum atomic E-state index is 0.254. The van der Waals surface area contributed by atoms with Crippen LogP contribution in [0.4, 0.5) is 0 Å². The number of rotatable bonds is 8. The highest BCUT2D eigenvalue weighted by Gasteiger charge is 2.25. The summed E-state index contributed by atoms with van der Waals surface area (Å²) in [6.07, 6.45) is 2.25. The summed E-state index contributed by atoms with van der Waals surface area (Å²) >= 11 is 6.01. The fourth-order valence-electron chi connectivity index (χ4n) is 1.44. The van der Waals surface area contributed by atoms with Gasteiger partial charge in [-0.15, -0.1) is 11.6 Å². The van der Waals surface area contributed by atoms with Crippen LogP contribution in [0.3, 0.4) is 0 Å². The minimum absolute atomic E-state index is 0.254. The Balaban J connectivity index is 3.92. The highest BCUT2D eigenvalue weighted by molar-refractivity contribution is 6.18. The van der Waals surface area contributed by atoms with Crippen LogP contribution in [0.5, 0.6) is 0 Å². The number of ether oxygens (including phenoxy) is 1. The molecular formula is C11H24ClNO. The average Bonchev–Trinajstić information content (AvgIpc) is 2.21. The summed E-state index contributed by atoms with van der Waals surface area (Å²) in [6, 6.07) is 0.403. The lowest BCUT2D eigenvalue weighted by Crippen LogP contribution is -2.41. The predicted octanol–water partition coefficient (Wildman–Crippen LogP) is 2.66. The summed E-state index contributed by atoms with van der Waals surface area (Å²) in [5.41, 5.74) is 0.254. The molecule has 14 heavy (non-hydrogen) atoms. The maximum absolute atomic E-state index is 6.01. The van der Waals surface area contributed by atoms with E-state index in [1.54, 1.807) is 7.11 Å². The van der Waals surface area contributed by atoms with Crippen LogP contribution in [0, 0.1) is 5.41 Å². The molecule has 0 rings (SSSR count). The Morgan fingerprint density at radius 3 is 2.29 bits per heavy atom. The molecule has 0 aromatic rings. The van der Waals surface area contributed by atoms with Crippen molar-refractivity contribution in [1.82, 2.24) is 5.32 Å². The van der Waals surface area contributed by atoms with Crippen LogP contribution in [0.1, 0.15) is 33.6 Å². The van der Waals surface area contributed by atoms with Crippen molar-refractivity contribution in [3.8, 4) is 0 Å². The number of hydrogen-bond acceptors (Lipinski definition) is 2. The first-order chi connectivity index (χ1) is 6.64. The summed E-state index contributed by atoms with van der Waals surface area (Å²) in [6.45, 7) is 8.27. The van der Waals surface area contributed by atoms with Gasteiger partial charge in [0.2, 0.25) is 0 Å². The Morgan fingerprint density at radius 2 is 1.93 bits per heavy atom. The molecule has 3 heteroatoms. The maximum Gasteiger partial charge on any atom is 0.0613 e. The van der Waals surface area contributed by atoms with Crippen molar-refractivity contribution in [3.63, 3.8) is 0 Å². The zero-order chi connectivity index (χ0) is 11.0. The molecule has 0 aliphatic rings. The van der Waals surface area contributed by atoms with Crippen molar-refractivity contribution < 1.29 is 4.74 Å². The van der Waals surface area contributed by atoms with Crippen LogP contribution < -0.4 is 5.32 Å². The normalized spacial score (nSPS) is 14.4. The molecular weight excluding hydrogens is 198 g/mol. The third kappa shape index (κ3) is 4.63. The Kier molecular flexibility index (Phi) is 7.61. The number of halogens is 1. The highest BCUT2D eigenvalue weighted by Crippen LogP contribution is 2.26. The van der Waals surface area contributed by atoms with Crippen LogP contribution in [0.2, 0.25) is 0 Å². The van der Waals surface area contributed by atoms with Crippen molar-refractivity contribution in [1.29, 1.82) is 0 Å². The van der Waals surface area contributed by atoms with Crippen LogP contribution in [-0.2, 0) is 4.74 Å². The Morgan fingerprint density at radius 1 is 1.36 bits per heavy atom. The van der Waals surface area contributed by atoms with Crippen LogP contribution in [0.25, 0.3) is 0 Å². The lowest BCUT2D eigenvalue weighted by molar-refractivity contribution is 0.162. The van der Waals surface area contributed by atoms with Gasteiger partial charge in [0, 0.05) is 25.6 Å². The summed E-state index contributed by atoms with van der Waals surface area (Å²) in [5, 5.41) is 3.47. The van der Waals surface area contributed by atoms with Crippen molar-refractivity contribution in [2.24, 2.45) is 5.41 Å². The van der Waals surface area contributed by atoms with Crippen molar-refractivity contribution >= 4 is 11.6 Å². The zero-order valence-electron chi connectivity index (χ0n) is 9.90. The van der Waals surface area contributed by atoms with Gasteiger partial charge in [-0.25, -0.2) is 0 Å². The van der Waals surface area contributed by atoms with Gasteiger partial charge in [-0.2, -0.15) is 0 Å². The largest absolute Gasteiger partial charge is 0.383 e. The molecule has 0 aromatic heterocycles. The van der Waals surface area contributed by atoms with Gasteiger partial charge in [0.15, 0.2) is 0 Å². The first-order valence-electron chi connectivity index (χ1n) is 5.42. The standard InChI is InChI=1S/C11H24ClNO/c1-5-11(6-2,8-12)9-13-10(3)7-14-4/h10,13H,5-9H2,1-4H3. The fourth-order valence-corrected chi connectivity index (χ4v) is 1.91. The quantitative estimate of drug-likeness (QED) is 0.637. The van der Waals surface area contributed by atoms with E-state index in [0.29, 0.717) is 6.04 Å². The van der Waals surface area contributed by atoms with E-state index >= 15 is 0 Å². The van der Waals surface area contributed by atoms with Gasteiger partial charge >= 0.3 is 0 Å². The number of methoxy groups -OCH3 is 1. The van der Waals surface area contributed by atoms with Crippen molar-refractivity contribution in [2.75, 3.05) is 26.1 Å². The number of alkyl halides is 1. The third-order valence-corrected chi connectivity index (χ3v) is 3.59. The van der Waals surface area contributed by atoms with E-state index in [9.17, 15) is 0 Å². The molecule has 0 bridgehead atoms. The fraction of sp³-hybridized carbons (Fsp3) is 1.00. The van der Waals surface area contributed by atoms with Crippen LogP contribution in [-0.4, -0.2) is 32.2 Å². The number of nitrogens with one attached hydrogen (secondary N) is 1. The molecule has 86 valence electrons. The lowest BCUT2D eigenvalue weighted by Gasteiger charge is -2.31. The van der Waals surface area contributed by atoms with E-state index < -0.39 is 0 Å². The van der Waals surface area contributed by atoms with Gasteiger partial charge in [0.25, 0.3) is 0 Å². The topological polar surface area (TPSA) is 21.3 Å². The van der Waals surface area contributed by atoms with E-state index in [1.807, 2.05) is 0 Å². The van der Waals surface area contributed by atoms with Gasteiger partial charge < -0.3 is 10.1 Å². The smallest absolute Gasteiger partial charge is 0.0613 e. The van der Waals surface area contributed by atoms with Gasteiger partial charge in [-0.1, -0.05) is 13.8 Å². The van der Waals surface area contributed by atoms with Gasteiger partial charge in [-0.05, 0) is 25.2 Å². The summed E-state index contributed by atoms with van der Waals surface area (Å²) in [4.78, 5) is 0. The van der Waals surface area contributed by atoms with Gasteiger partial charge in [0.1, 0.15) is 0 Å². The van der Waals surface area contributed by atoms with E-state index in [1.165, 1.54) is 0 Å². The van der Waals surface area contributed by atoms with Crippen molar-refractivity contribution in [3.05, 3.63) is 0 Å². The monoisotopic (exact) mass is 221 g/mol. The predicted molar refractivity (Wildman–Crippen MR) is 63.1 cm³/mol. The van der Waals surface area contributed by atoms with Gasteiger partial charge in [0.05, 0.1) is 6.61 Å². The molecule has 0 aromatic carbocycles. The molecule has 2 nitrogen and oxygen atoms in total. The van der Waals surface area contributed by atoms with E-state index in [2.05, 4.69) is 26.1 Å². The molecule has 0 saturated heterocycles. The average molecular weight is 222 g/mol. The highest BCUT2D eigenvalue weighted by atomic mass is 35.5. The second-order valence-electron chi connectivity index (χ2n) is 4.08. The second-order valence-corrected chi connectivity index (χ2v) is 4.35. The molecule has 0 saturated carbocycles. The molecule has 1 atom stereocenters. The molecule has 1 N–H and O–H groups in total. The molecule has 0 amide bonds. The van der Waals surface area contributed by atoms with E-state index in [4.69, 9.17) is 16.3 Å². The first kappa shape index (κ1) is 14.2. The molecule has 0 heterocycles. The SMILES string of the molecule is CCC(CC)(CCl)CNC(C)COC. The summed E-state index contributed by atoms with van der Waals surface area (Å²) in [7, 11) is 1.73. The van der Waals surface area contributed by atoms with Gasteiger partial charge in [-0.3, -0.25) is 0 Å². The van der Waals surface area contributed by atoms with Crippen LogP contribution in [0.15, 0.2) is 0 Å². The summed E-state index contributed by atoms with van der Waals surface area (Å²) in [5.74, 6) is 0.729. The first-order valence-corrected chi connectivity index (χ1v) is 5.95. The second kappa shape index (κ2) is 7.49. The molecule has 0 fully saturated rings. The number of hydrogen-bond donors (Lipinski definition) is 1. The van der Waals surface area contributed by atoms with Crippen LogP contribution >= 0.6 is 11.6 Å². The maximum atomic E-state index is 6.01.